The fourth-order valence-electron chi connectivity index (χ4n) is 2.08. The molecule has 2 aromatic rings. The van der Waals surface area contributed by atoms with Gasteiger partial charge >= 0.3 is 0 Å². The van der Waals surface area contributed by atoms with Gasteiger partial charge in [-0.25, -0.2) is 4.98 Å². The molecule has 4 heteroatoms. The van der Waals surface area contributed by atoms with Gasteiger partial charge in [-0.2, -0.15) is 0 Å². The van der Waals surface area contributed by atoms with Crippen molar-refractivity contribution in [1.29, 1.82) is 0 Å². The van der Waals surface area contributed by atoms with E-state index in [0.29, 0.717) is 0 Å². The molecule has 0 aliphatic rings. The predicted octanol–water partition coefficient (Wildman–Crippen LogP) is 5.06. The van der Waals surface area contributed by atoms with E-state index in [0.717, 1.165) is 27.6 Å². The molecule has 0 spiro atoms. The minimum absolute atomic E-state index is 0.857. The van der Waals surface area contributed by atoms with E-state index in [1.54, 1.807) is 11.8 Å². The number of aromatic amines is 1. The summed E-state index contributed by atoms with van der Waals surface area (Å²) in [5.41, 5.74) is 3.27. The summed E-state index contributed by atoms with van der Waals surface area (Å²) >= 11 is 7.93. The van der Waals surface area contributed by atoms with Crippen molar-refractivity contribution in [3.8, 4) is 0 Å². The van der Waals surface area contributed by atoms with Crippen LogP contribution >= 0.6 is 23.4 Å². The average molecular weight is 283 g/mol. The number of halogens is 1. The topological polar surface area (TPSA) is 28.7 Å². The highest BCUT2D eigenvalue weighted by Crippen LogP contribution is 2.26. The third-order valence-corrected chi connectivity index (χ3v) is 4.05. The molecule has 1 N–H and O–H groups in total. The second-order valence-electron chi connectivity index (χ2n) is 4.52. The number of nitrogens with zero attached hydrogens (tertiary/aromatic N) is 1. The number of hydrogen-bond donors (Lipinski definition) is 1. The van der Waals surface area contributed by atoms with E-state index in [1.165, 1.54) is 31.2 Å². The summed E-state index contributed by atoms with van der Waals surface area (Å²) in [5.74, 6) is 0. The van der Waals surface area contributed by atoms with Crippen LogP contribution in [0.5, 0.6) is 0 Å². The van der Waals surface area contributed by atoms with Crippen LogP contribution in [0.15, 0.2) is 17.3 Å². The molecular weight excluding hydrogens is 264 g/mol. The van der Waals surface area contributed by atoms with Gasteiger partial charge in [0.05, 0.1) is 11.0 Å². The number of hydrogen-bond acceptors (Lipinski definition) is 2. The van der Waals surface area contributed by atoms with E-state index in [9.17, 15) is 0 Å². The highest BCUT2D eigenvalue weighted by Gasteiger charge is 2.07. The molecule has 0 radical (unpaired) electrons. The molecule has 0 unspecified atom stereocenters. The second-order valence-corrected chi connectivity index (χ2v) is 5.72. The van der Waals surface area contributed by atoms with Crippen molar-refractivity contribution in [2.24, 2.45) is 0 Å². The largest absolute Gasteiger partial charge is 0.333 e. The van der Waals surface area contributed by atoms with Gasteiger partial charge in [0.15, 0.2) is 5.16 Å². The Hall–Kier alpha value is -0.670. The number of rotatable bonds is 6. The summed E-state index contributed by atoms with van der Waals surface area (Å²) in [4.78, 5) is 7.78. The summed E-state index contributed by atoms with van der Waals surface area (Å²) in [7, 11) is 0. The number of aryl methyl sites for hydroxylation is 1. The van der Waals surface area contributed by atoms with Crippen LogP contribution in [0, 0.1) is 0 Å². The van der Waals surface area contributed by atoms with Gasteiger partial charge in [-0.1, -0.05) is 49.5 Å². The summed E-state index contributed by atoms with van der Waals surface area (Å²) in [6.45, 7) is 2.23. The predicted molar refractivity (Wildman–Crippen MR) is 80.7 cm³/mol. The Bertz CT molecular complexity index is 522. The molecule has 0 aliphatic carbocycles. The Balaban J connectivity index is 2.14. The monoisotopic (exact) mass is 282 g/mol. The lowest BCUT2D eigenvalue weighted by molar-refractivity contribution is 0.667. The summed E-state index contributed by atoms with van der Waals surface area (Å²) in [6, 6.07) is 4.12. The molecular formula is C14H19ClN2S. The van der Waals surface area contributed by atoms with Crippen molar-refractivity contribution >= 4 is 34.4 Å². The van der Waals surface area contributed by atoms with Gasteiger partial charge in [0.25, 0.3) is 0 Å². The maximum atomic E-state index is 6.31. The van der Waals surface area contributed by atoms with Gasteiger partial charge < -0.3 is 4.98 Å². The lowest BCUT2D eigenvalue weighted by atomic mass is 10.1. The van der Waals surface area contributed by atoms with Crippen molar-refractivity contribution in [2.75, 3.05) is 6.26 Å². The number of unbranched alkanes of at least 4 members (excludes halogenated alkanes) is 3. The number of thioether (sulfide) groups is 1. The maximum Gasteiger partial charge on any atom is 0.166 e. The van der Waals surface area contributed by atoms with E-state index < -0.39 is 0 Å². The first kappa shape index (κ1) is 13.8. The fourth-order valence-corrected chi connectivity index (χ4v) is 2.74. The SMILES string of the molecule is CCCCCCc1cc2nc(SC)[nH]c2cc1Cl. The van der Waals surface area contributed by atoms with Gasteiger partial charge in [0.1, 0.15) is 0 Å². The Labute approximate surface area is 118 Å². The van der Waals surface area contributed by atoms with Gasteiger partial charge in [-0.15, -0.1) is 0 Å². The third kappa shape index (κ3) is 3.21. The molecule has 2 rings (SSSR count). The Morgan fingerprint density at radius 1 is 1.28 bits per heavy atom. The minimum Gasteiger partial charge on any atom is -0.333 e. The van der Waals surface area contributed by atoms with E-state index in [4.69, 9.17) is 11.6 Å². The van der Waals surface area contributed by atoms with Crippen molar-refractivity contribution in [3.63, 3.8) is 0 Å². The number of H-pyrrole nitrogens is 1. The summed E-state index contributed by atoms with van der Waals surface area (Å²) in [6.07, 6.45) is 8.13. The molecule has 1 heterocycles. The fraction of sp³-hybridized carbons (Fsp3) is 0.500. The first-order valence-electron chi connectivity index (χ1n) is 6.46. The van der Waals surface area contributed by atoms with E-state index in [-0.39, 0.29) is 0 Å². The van der Waals surface area contributed by atoms with Crippen molar-refractivity contribution < 1.29 is 0 Å². The zero-order valence-corrected chi connectivity index (χ0v) is 12.5. The first-order chi connectivity index (χ1) is 8.74. The lowest BCUT2D eigenvalue weighted by Gasteiger charge is -2.04. The number of benzene rings is 1. The van der Waals surface area contributed by atoms with E-state index in [1.807, 2.05) is 12.3 Å². The van der Waals surface area contributed by atoms with Crippen LogP contribution in [-0.2, 0) is 6.42 Å². The smallest absolute Gasteiger partial charge is 0.166 e. The highest BCUT2D eigenvalue weighted by molar-refractivity contribution is 7.98. The Kier molecular flexibility index (Phi) is 4.95. The normalized spacial score (nSPS) is 11.3. The summed E-state index contributed by atoms with van der Waals surface area (Å²) < 4.78 is 0. The molecule has 0 fully saturated rings. The van der Waals surface area contributed by atoms with Crippen LogP contribution in [0.4, 0.5) is 0 Å². The van der Waals surface area contributed by atoms with E-state index >= 15 is 0 Å². The van der Waals surface area contributed by atoms with Gasteiger partial charge in [-0.05, 0) is 36.8 Å². The first-order valence-corrected chi connectivity index (χ1v) is 8.07. The minimum atomic E-state index is 0.857. The molecule has 0 saturated heterocycles. The van der Waals surface area contributed by atoms with Crippen LogP contribution in [0.3, 0.4) is 0 Å². The molecule has 0 amide bonds. The van der Waals surface area contributed by atoms with Gasteiger partial charge in [0, 0.05) is 5.02 Å². The second kappa shape index (κ2) is 6.48. The van der Waals surface area contributed by atoms with Gasteiger partial charge in [-0.3, -0.25) is 0 Å². The van der Waals surface area contributed by atoms with Crippen LogP contribution < -0.4 is 0 Å². The number of imidazole rings is 1. The number of fused-ring (bicyclic) bond motifs is 1. The summed E-state index contributed by atoms with van der Waals surface area (Å²) in [5, 5.41) is 1.81. The van der Waals surface area contributed by atoms with Crippen molar-refractivity contribution in [3.05, 3.63) is 22.7 Å². The number of nitrogens with one attached hydrogen (secondary N) is 1. The molecule has 1 aromatic heterocycles. The average Bonchev–Trinajstić information content (AvgIpc) is 2.76. The Morgan fingerprint density at radius 2 is 2.11 bits per heavy atom. The molecule has 0 saturated carbocycles. The lowest BCUT2D eigenvalue weighted by Crippen LogP contribution is -1.88. The van der Waals surface area contributed by atoms with Crippen molar-refractivity contribution in [2.45, 2.75) is 44.2 Å². The molecule has 98 valence electrons. The zero-order valence-electron chi connectivity index (χ0n) is 10.9. The molecule has 0 aliphatic heterocycles. The van der Waals surface area contributed by atoms with Crippen LogP contribution in [0.25, 0.3) is 11.0 Å². The van der Waals surface area contributed by atoms with E-state index in [2.05, 4.69) is 23.0 Å². The molecule has 2 nitrogen and oxygen atoms in total. The zero-order chi connectivity index (χ0) is 13.0. The highest BCUT2D eigenvalue weighted by atomic mass is 35.5. The van der Waals surface area contributed by atoms with Gasteiger partial charge in [0.2, 0.25) is 0 Å². The van der Waals surface area contributed by atoms with Crippen LogP contribution in [-0.4, -0.2) is 16.2 Å². The molecule has 1 aromatic carbocycles. The van der Waals surface area contributed by atoms with Crippen LogP contribution in [0.1, 0.15) is 38.2 Å². The maximum absolute atomic E-state index is 6.31. The quantitative estimate of drug-likeness (QED) is 0.592. The standard InChI is InChI=1S/C14H19ClN2S/c1-3-4-5-6-7-10-8-12-13(9-11(10)15)17-14(16-12)18-2/h8-9H,3-7H2,1-2H3,(H,16,17). The molecule has 0 bridgehead atoms. The molecule has 18 heavy (non-hydrogen) atoms. The number of aromatic nitrogens is 2. The molecule has 0 atom stereocenters. The van der Waals surface area contributed by atoms with Crippen LogP contribution in [0.2, 0.25) is 5.02 Å². The third-order valence-electron chi connectivity index (χ3n) is 3.12. The van der Waals surface area contributed by atoms with Crippen molar-refractivity contribution in [1.82, 2.24) is 9.97 Å². The Morgan fingerprint density at radius 3 is 2.83 bits per heavy atom.